The number of hydrogen-bond donors (Lipinski definition) is 0. The van der Waals surface area contributed by atoms with Crippen molar-refractivity contribution in [2.24, 2.45) is 11.8 Å². The fourth-order valence-electron chi connectivity index (χ4n) is 1.68. The van der Waals surface area contributed by atoms with Crippen molar-refractivity contribution < 1.29 is 9.47 Å². The molecule has 0 spiro atoms. The van der Waals surface area contributed by atoms with Crippen LogP contribution in [0.1, 0.15) is 66.2 Å². The average molecular weight is 258 g/mol. The van der Waals surface area contributed by atoms with Crippen LogP contribution >= 0.6 is 0 Å². The summed E-state index contributed by atoms with van der Waals surface area (Å²) in [6.07, 6.45) is 7.52. The minimum Gasteiger partial charge on any atom is -0.381 e. The standard InChI is InChI=1S/C16H34O2/c1-15(2)10-13-17-11-8-6-5-7-9-12-18-14-16(3)4/h15-16H,5-14H2,1-4H3. The van der Waals surface area contributed by atoms with Gasteiger partial charge in [-0.1, -0.05) is 47.0 Å². The molecule has 0 amide bonds. The molecule has 0 bridgehead atoms. The normalized spacial score (nSPS) is 11.7. The molecule has 0 unspecified atom stereocenters. The Balaban J connectivity index is 2.95. The van der Waals surface area contributed by atoms with Gasteiger partial charge in [0.1, 0.15) is 0 Å². The molecule has 0 atom stereocenters. The molecular formula is C16H34O2. The van der Waals surface area contributed by atoms with Crippen LogP contribution < -0.4 is 0 Å². The van der Waals surface area contributed by atoms with Gasteiger partial charge in [0, 0.05) is 26.4 Å². The summed E-state index contributed by atoms with van der Waals surface area (Å²) in [6.45, 7) is 12.6. The van der Waals surface area contributed by atoms with Crippen molar-refractivity contribution in [1.82, 2.24) is 0 Å². The van der Waals surface area contributed by atoms with Gasteiger partial charge in [0.15, 0.2) is 0 Å². The zero-order valence-corrected chi connectivity index (χ0v) is 13.0. The molecule has 0 saturated heterocycles. The minimum atomic E-state index is 0.660. The van der Waals surface area contributed by atoms with E-state index in [1.165, 1.54) is 38.5 Å². The van der Waals surface area contributed by atoms with Crippen LogP contribution in [0.25, 0.3) is 0 Å². The zero-order valence-electron chi connectivity index (χ0n) is 13.0. The quantitative estimate of drug-likeness (QED) is 0.447. The molecule has 110 valence electrons. The molecule has 0 aliphatic heterocycles. The van der Waals surface area contributed by atoms with Crippen LogP contribution in [0.2, 0.25) is 0 Å². The summed E-state index contributed by atoms with van der Waals surface area (Å²) in [5, 5.41) is 0. The molecule has 0 aromatic rings. The summed E-state index contributed by atoms with van der Waals surface area (Å²) in [5.74, 6) is 1.42. The van der Waals surface area contributed by atoms with Crippen LogP contribution in [0, 0.1) is 11.8 Å². The maximum absolute atomic E-state index is 5.59. The van der Waals surface area contributed by atoms with Gasteiger partial charge in [-0.15, -0.1) is 0 Å². The van der Waals surface area contributed by atoms with E-state index in [0.29, 0.717) is 5.92 Å². The van der Waals surface area contributed by atoms with Gasteiger partial charge in [-0.05, 0) is 31.1 Å². The third-order valence-corrected chi connectivity index (χ3v) is 2.87. The Morgan fingerprint density at radius 1 is 0.611 bits per heavy atom. The Hall–Kier alpha value is -0.0800. The molecule has 0 heterocycles. The Morgan fingerprint density at radius 2 is 1.17 bits per heavy atom. The highest BCUT2D eigenvalue weighted by Gasteiger charge is 1.96. The van der Waals surface area contributed by atoms with Crippen molar-refractivity contribution in [2.75, 3.05) is 26.4 Å². The second-order valence-electron chi connectivity index (χ2n) is 6.03. The third kappa shape index (κ3) is 15.9. The maximum Gasteiger partial charge on any atom is 0.0488 e. The molecule has 0 fully saturated rings. The summed E-state index contributed by atoms with van der Waals surface area (Å²) in [6, 6.07) is 0. The monoisotopic (exact) mass is 258 g/mol. The first-order valence-electron chi connectivity index (χ1n) is 7.78. The summed E-state index contributed by atoms with van der Waals surface area (Å²) in [4.78, 5) is 0. The molecule has 0 aliphatic carbocycles. The first-order valence-corrected chi connectivity index (χ1v) is 7.78. The SMILES string of the molecule is CC(C)CCOCCCCCCCOCC(C)C. The van der Waals surface area contributed by atoms with E-state index in [-0.39, 0.29) is 0 Å². The van der Waals surface area contributed by atoms with Crippen molar-refractivity contribution >= 4 is 0 Å². The van der Waals surface area contributed by atoms with Gasteiger partial charge < -0.3 is 9.47 Å². The van der Waals surface area contributed by atoms with Crippen LogP contribution in [0.4, 0.5) is 0 Å². The van der Waals surface area contributed by atoms with E-state index in [1.807, 2.05) is 0 Å². The Labute approximate surface area is 114 Å². The van der Waals surface area contributed by atoms with Gasteiger partial charge in [-0.3, -0.25) is 0 Å². The summed E-state index contributed by atoms with van der Waals surface area (Å²) < 4.78 is 11.1. The summed E-state index contributed by atoms with van der Waals surface area (Å²) in [7, 11) is 0. The molecule has 0 rings (SSSR count). The average Bonchev–Trinajstić information content (AvgIpc) is 2.29. The second-order valence-corrected chi connectivity index (χ2v) is 6.03. The van der Waals surface area contributed by atoms with Crippen molar-refractivity contribution in [3.63, 3.8) is 0 Å². The topological polar surface area (TPSA) is 18.5 Å². The van der Waals surface area contributed by atoms with Crippen molar-refractivity contribution in [3.05, 3.63) is 0 Å². The Morgan fingerprint density at radius 3 is 1.72 bits per heavy atom. The lowest BCUT2D eigenvalue weighted by Gasteiger charge is -2.07. The van der Waals surface area contributed by atoms with Gasteiger partial charge in [-0.2, -0.15) is 0 Å². The largest absolute Gasteiger partial charge is 0.381 e. The van der Waals surface area contributed by atoms with Gasteiger partial charge >= 0.3 is 0 Å². The molecule has 2 heteroatoms. The molecule has 2 nitrogen and oxygen atoms in total. The van der Waals surface area contributed by atoms with E-state index in [0.717, 1.165) is 32.3 Å². The van der Waals surface area contributed by atoms with Gasteiger partial charge in [0.2, 0.25) is 0 Å². The molecule has 0 radical (unpaired) electrons. The first-order chi connectivity index (χ1) is 8.63. The smallest absolute Gasteiger partial charge is 0.0488 e. The van der Waals surface area contributed by atoms with Crippen LogP contribution in [0.15, 0.2) is 0 Å². The number of hydrogen-bond acceptors (Lipinski definition) is 2. The lowest BCUT2D eigenvalue weighted by Crippen LogP contribution is -2.03. The third-order valence-electron chi connectivity index (χ3n) is 2.87. The Kier molecular flexibility index (Phi) is 13.3. The van der Waals surface area contributed by atoms with E-state index < -0.39 is 0 Å². The van der Waals surface area contributed by atoms with Crippen LogP contribution in [0.3, 0.4) is 0 Å². The zero-order chi connectivity index (χ0) is 13.6. The molecular weight excluding hydrogens is 224 g/mol. The predicted molar refractivity (Wildman–Crippen MR) is 79.0 cm³/mol. The van der Waals surface area contributed by atoms with Crippen molar-refractivity contribution in [2.45, 2.75) is 66.2 Å². The van der Waals surface area contributed by atoms with E-state index in [1.54, 1.807) is 0 Å². The number of unbranched alkanes of at least 4 members (excludes halogenated alkanes) is 4. The van der Waals surface area contributed by atoms with Crippen LogP contribution in [-0.4, -0.2) is 26.4 Å². The van der Waals surface area contributed by atoms with Crippen LogP contribution in [-0.2, 0) is 9.47 Å². The molecule has 0 saturated carbocycles. The van der Waals surface area contributed by atoms with E-state index >= 15 is 0 Å². The molecule has 0 aliphatic rings. The van der Waals surface area contributed by atoms with E-state index in [4.69, 9.17) is 9.47 Å². The second kappa shape index (κ2) is 13.4. The van der Waals surface area contributed by atoms with Gasteiger partial charge in [0.25, 0.3) is 0 Å². The number of rotatable bonds is 13. The van der Waals surface area contributed by atoms with Crippen molar-refractivity contribution in [1.29, 1.82) is 0 Å². The lowest BCUT2D eigenvalue weighted by atomic mass is 10.1. The summed E-state index contributed by atoms with van der Waals surface area (Å²) >= 11 is 0. The van der Waals surface area contributed by atoms with Crippen molar-refractivity contribution in [3.8, 4) is 0 Å². The minimum absolute atomic E-state index is 0.660. The maximum atomic E-state index is 5.59. The van der Waals surface area contributed by atoms with Gasteiger partial charge in [0.05, 0.1) is 0 Å². The highest BCUT2D eigenvalue weighted by atomic mass is 16.5. The van der Waals surface area contributed by atoms with E-state index in [2.05, 4.69) is 27.7 Å². The molecule has 18 heavy (non-hydrogen) atoms. The molecule has 0 aromatic heterocycles. The fraction of sp³-hybridized carbons (Fsp3) is 1.00. The molecule has 0 aromatic carbocycles. The summed E-state index contributed by atoms with van der Waals surface area (Å²) in [5.41, 5.74) is 0. The van der Waals surface area contributed by atoms with Crippen LogP contribution in [0.5, 0.6) is 0 Å². The Bertz CT molecular complexity index is 137. The first kappa shape index (κ1) is 17.9. The highest BCUT2D eigenvalue weighted by Crippen LogP contribution is 2.05. The molecule has 0 N–H and O–H groups in total. The lowest BCUT2D eigenvalue weighted by molar-refractivity contribution is 0.105. The van der Waals surface area contributed by atoms with E-state index in [9.17, 15) is 0 Å². The van der Waals surface area contributed by atoms with Gasteiger partial charge in [-0.25, -0.2) is 0 Å². The number of ether oxygens (including phenoxy) is 2. The predicted octanol–water partition coefficient (Wildman–Crippen LogP) is 4.67. The fourth-order valence-corrected chi connectivity index (χ4v) is 1.68. The highest BCUT2D eigenvalue weighted by molar-refractivity contribution is 4.46.